The Morgan fingerprint density at radius 2 is 2.18 bits per heavy atom. The maximum atomic E-state index is 10.5. The lowest BCUT2D eigenvalue weighted by Crippen LogP contribution is -2.33. The Kier molecular flexibility index (Phi) is 3.85. The Hall–Kier alpha value is -0.800. The van der Waals surface area contributed by atoms with Crippen LogP contribution in [0.25, 0.3) is 0 Å². The molecule has 0 radical (unpaired) electrons. The van der Waals surface area contributed by atoms with Gasteiger partial charge in [-0.3, -0.25) is 4.79 Å². The summed E-state index contributed by atoms with van der Waals surface area (Å²) in [5, 5.41) is 8.59. The van der Waals surface area contributed by atoms with Crippen LogP contribution in [0.3, 0.4) is 0 Å². The van der Waals surface area contributed by atoms with Crippen LogP contribution >= 0.6 is 11.6 Å². The van der Waals surface area contributed by atoms with Crippen molar-refractivity contribution in [3.63, 3.8) is 0 Å². The molecule has 4 heteroatoms. The molecule has 0 aromatic carbocycles. The Morgan fingerprint density at radius 3 is 2.27 bits per heavy atom. The predicted octanol–water partition coefficient (Wildman–Crippen LogP) is 0.953. The Balaban J connectivity index is 4.46. The van der Waals surface area contributed by atoms with E-state index in [9.17, 15) is 4.79 Å². The summed E-state index contributed by atoms with van der Waals surface area (Å²) in [7, 11) is 0. The lowest BCUT2D eigenvalue weighted by Gasteiger charge is -2.14. The van der Waals surface area contributed by atoms with Crippen LogP contribution in [0.2, 0.25) is 0 Å². The monoisotopic (exact) mass is 175 g/mol. The van der Waals surface area contributed by atoms with E-state index in [4.69, 9.17) is 22.4 Å². The molecule has 0 bridgehead atoms. The normalized spacial score (nSPS) is 15.1. The number of hydrogen-bond donors (Lipinski definition) is 2. The molecule has 0 spiro atoms. The number of carboxylic acids is 1. The molecule has 0 saturated heterocycles. The summed E-state index contributed by atoms with van der Waals surface area (Å²) in [5.41, 5.74) is 5.37. The van der Waals surface area contributed by atoms with Gasteiger partial charge in [-0.15, -0.1) is 6.58 Å². The van der Waals surface area contributed by atoms with Gasteiger partial charge in [0.1, 0.15) is 5.92 Å². The predicted molar refractivity (Wildman–Crippen MR) is 44.3 cm³/mol. The van der Waals surface area contributed by atoms with Crippen molar-refractivity contribution in [1.82, 2.24) is 0 Å². The molecule has 0 heterocycles. The molecule has 0 aliphatic rings. The molecule has 3 N–H and O–H groups in total. The van der Waals surface area contributed by atoms with Crippen LogP contribution < -0.4 is 5.73 Å². The van der Waals surface area contributed by atoms with Crippen LogP contribution in [-0.4, -0.2) is 17.1 Å². The third-order valence-electron chi connectivity index (χ3n) is 1.26. The third-order valence-corrected chi connectivity index (χ3v) is 1.50. The van der Waals surface area contributed by atoms with Crippen molar-refractivity contribution in [2.45, 2.75) is 6.04 Å². The highest BCUT2D eigenvalue weighted by Crippen LogP contribution is 2.16. The van der Waals surface area contributed by atoms with E-state index in [0.717, 1.165) is 0 Å². The van der Waals surface area contributed by atoms with Gasteiger partial charge < -0.3 is 10.8 Å². The van der Waals surface area contributed by atoms with Crippen molar-refractivity contribution in [3.05, 3.63) is 24.3 Å². The lowest BCUT2D eigenvalue weighted by molar-refractivity contribution is -0.140. The fourth-order valence-electron chi connectivity index (χ4n) is 0.644. The molecular weight excluding hydrogens is 166 g/mol. The zero-order valence-corrected chi connectivity index (χ0v) is 6.71. The lowest BCUT2D eigenvalue weighted by atomic mass is 10.0. The van der Waals surface area contributed by atoms with E-state index in [1.807, 2.05) is 0 Å². The summed E-state index contributed by atoms with van der Waals surface area (Å²) >= 11 is 5.41. The minimum absolute atomic E-state index is 0.0184. The van der Waals surface area contributed by atoms with Crippen molar-refractivity contribution < 1.29 is 9.90 Å². The first-order chi connectivity index (χ1) is 5.00. The summed E-state index contributed by atoms with van der Waals surface area (Å²) in [6.45, 7) is 6.66. The molecule has 0 saturated carbocycles. The number of aliphatic carboxylic acids is 1. The number of halogens is 1. The van der Waals surface area contributed by atoms with Crippen molar-refractivity contribution in [3.8, 4) is 0 Å². The summed E-state index contributed by atoms with van der Waals surface area (Å²) < 4.78 is 0. The quantitative estimate of drug-likeness (QED) is 0.626. The first-order valence-corrected chi connectivity index (χ1v) is 3.33. The summed E-state index contributed by atoms with van der Waals surface area (Å²) in [6, 6.07) is -0.683. The number of carboxylic acid groups (broad SMARTS) is 1. The average Bonchev–Trinajstić information content (AvgIpc) is 1.85. The van der Waals surface area contributed by atoms with E-state index < -0.39 is 17.9 Å². The van der Waals surface area contributed by atoms with Gasteiger partial charge in [0.05, 0.1) is 0 Å². The number of nitrogens with two attached hydrogens (primary N) is 1. The molecule has 2 atom stereocenters. The summed E-state index contributed by atoms with van der Waals surface area (Å²) in [4.78, 5) is 10.5. The van der Waals surface area contributed by atoms with Crippen molar-refractivity contribution >= 4 is 17.6 Å². The molecular formula is C7H10ClNO2. The maximum Gasteiger partial charge on any atom is 0.313 e. The SMILES string of the molecule is C=CC(N)C(C(=C)Cl)C(=O)O. The van der Waals surface area contributed by atoms with Crippen LogP contribution in [0, 0.1) is 5.92 Å². The van der Waals surface area contributed by atoms with E-state index in [2.05, 4.69) is 13.2 Å². The van der Waals surface area contributed by atoms with Gasteiger partial charge in [0.25, 0.3) is 0 Å². The van der Waals surface area contributed by atoms with Gasteiger partial charge in [0.2, 0.25) is 0 Å². The Labute approximate surface area is 70.1 Å². The minimum atomic E-state index is -1.09. The van der Waals surface area contributed by atoms with E-state index in [1.54, 1.807) is 0 Å². The molecule has 0 aromatic rings. The van der Waals surface area contributed by atoms with Gasteiger partial charge in [-0.2, -0.15) is 0 Å². The molecule has 62 valence electrons. The number of rotatable bonds is 4. The van der Waals surface area contributed by atoms with Crippen LogP contribution in [0.4, 0.5) is 0 Å². The van der Waals surface area contributed by atoms with E-state index >= 15 is 0 Å². The van der Waals surface area contributed by atoms with Gasteiger partial charge in [0, 0.05) is 11.1 Å². The Morgan fingerprint density at radius 1 is 1.73 bits per heavy atom. The minimum Gasteiger partial charge on any atom is -0.481 e. The number of carbonyl (C=O) groups is 1. The fourth-order valence-corrected chi connectivity index (χ4v) is 0.882. The molecule has 0 aliphatic carbocycles. The molecule has 2 unspecified atom stereocenters. The van der Waals surface area contributed by atoms with Crippen LogP contribution in [-0.2, 0) is 4.79 Å². The molecule has 11 heavy (non-hydrogen) atoms. The highest BCUT2D eigenvalue weighted by Gasteiger charge is 2.24. The third kappa shape index (κ3) is 2.74. The molecule has 0 fully saturated rings. The smallest absolute Gasteiger partial charge is 0.313 e. The Bertz CT molecular complexity index is 177. The van der Waals surface area contributed by atoms with Crippen LogP contribution in [0.15, 0.2) is 24.3 Å². The topological polar surface area (TPSA) is 63.3 Å². The average molecular weight is 176 g/mol. The fraction of sp³-hybridized carbons (Fsp3) is 0.286. The zero-order chi connectivity index (χ0) is 9.02. The second-order valence-electron chi connectivity index (χ2n) is 2.08. The van der Waals surface area contributed by atoms with E-state index in [1.165, 1.54) is 6.08 Å². The molecule has 0 rings (SSSR count). The van der Waals surface area contributed by atoms with Crippen LogP contribution in [0.1, 0.15) is 0 Å². The van der Waals surface area contributed by atoms with E-state index in [-0.39, 0.29) is 5.03 Å². The highest BCUT2D eigenvalue weighted by atomic mass is 35.5. The standard InChI is InChI=1S/C7H10ClNO2/c1-3-5(9)6(4(2)8)7(10)11/h3,5-6H,1-2,9H2,(H,10,11). The van der Waals surface area contributed by atoms with Gasteiger partial charge in [-0.05, 0) is 0 Å². The van der Waals surface area contributed by atoms with E-state index in [0.29, 0.717) is 0 Å². The van der Waals surface area contributed by atoms with Gasteiger partial charge in [-0.25, -0.2) is 0 Å². The second kappa shape index (κ2) is 4.16. The van der Waals surface area contributed by atoms with Gasteiger partial charge >= 0.3 is 5.97 Å². The maximum absolute atomic E-state index is 10.5. The second-order valence-corrected chi connectivity index (χ2v) is 2.56. The highest BCUT2D eigenvalue weighted by molar-refractivity contribution is 6.30. The van der Waals surface area contributed by atoms with Gasteiger partial charge in [-0.1, -0.05) is 24.3 Å². The largest absolute Gasteiger partial charge is 0.481 e. The summed E-state index contributed by atoms with van der Waals surface area (Å²) in [5.74, 6) is -2.04. The number of hydrogen-bond acceptors (Lipinski definition) is 2. The molecule has 0 aliphatic heterocycles. The molecule has 3 nitrogen and oxygen atoms in total. The van der Waals surface area contributed by atoms with Gasteiger partial charge in [0.15, 0.2) is 0 Å². The van der Waals surface area contributed by atoms with Crippen molar-refractivity contribution in [1.29, 1.82) is 0 Å². The first kappa shape index (κ1) is 10.2. The molecule has 0 amide bonds. The summed E-state index contributed by atoms with van der Waals surface area (Å²) in [6.07, 6.45) is 1.33. The zero-order valence-electron chi connectivity index (χ0n) is 5.96. The van der Waals surface area contributed by atoms with Crippen LogP contribution in [0.5, 0.6) is 0 Å². The molecule has 0 aromatic heterocycles. The van der Waals surface area contributed by atoms with Crippen molar-refractivity contribution in [2.75, 3.05) is 0 Å². The van der Waals surface area contributed by atoms with Crippen molar-refractivity contribution in [2.24, 2.45) is 11.7 Å². The first-order valence-electron chi connectivity index (χ1n) is 2.96.